The number of hydrogen-bond donors (Lipinski definition) is 0. The van der Waals surface area contributed by atoms with Crippen molar-refractivity contribution in [2.24, 2.45) is 0 Å². The molecule has 3 aliphatic heterocycles. The van der Waals surface area contributed by atoms with E-state index in [2.05, 4.69) is 0 Å². The molecule has 0 saturated carbocycles. The lowest BCUT2D eigenvalue weighted by Crippen LogP contribution is -2.49. The lowest BCUT2D eigenvalue weighted by Gasteiger charge is -2.35. The van der Waals surface area contributed by atoms with Gasteiger partial charge in [0, 0.05) is 10.6 Å². The Balaban J connectivity index is 1.21. The van der Waals surface area contributed by atoms with Crippen molar-refractivity contribution in [2.75, 3.05) is 19.4 Å². The smallest absolute Gasteiger partial charge is 0.224 e. The molecule has 3 heterocycles. The van der Waals surface area contributed by atoms with E-state index in [4.69, 9.17) is 28.4 Å². The first-order chi connectivity index (χ1) is 18.4. The molecule has 0 bridgehead atoms. The molecule has 0 aliphatic carbocycles. The number of hydrogen-bond acceptors (Lipinski definition) is 7. The Morgan fingerprint density at radius 1 is 0.868 bits per heavy atom. The molecule has 3 saturated heterocycles. The summed E-state index contributed by atoms with van der Waals surface area (Å²) in [5.74, 6) is -1.99. The van der Waals surface area contributed by atoms with E-state index >= 15 is 0 Å². The molecule has 0 amide bonds. The van der Waals surface area contributed by atoms with E-state index in [0.29, 0.717) is 6.61 Å². The van der Waals surface area contributed by atoms with E-state index in [-0.39, 0.29) is 25.5 Å². The lowest BCUT2D eigenvalue weighted by atomic mass is 10.1. The van der Waals surface area contributed by atoms with Crippen LogP contribution in [-0.4, -0.2) is 55.6 Å². The van der Waals surface area contributed by atoms with Gasteiger partial charge in [0.1, 0.15) is 32.1 Å². The molecule has 6 rings (SSSR count). The first-order valence-electron chi connectivity index (χ1n) is 13.0. The highest BCUT2D eigenvalue weighted by Gasteiger charge is 2.67. The number of benzene rings is 3. The third kappa shape index (κ3) is 5.01. The Kier molecular flexibility index (Phi) is 7.04. The molecule has 38 heavy (non-hydrogen) atoms. The summed E-state index contributed by atoms with van der Waals surface area (Å²) in [6.07, 6.45) is -1.84. The minimum absolute atomic E-state index is 0.184. The van der Waals surface area contributed by atoms with Gasteiger partial charge < -0.3 is 33.0 Å². The highest BCUT2D eigenvalue weighted by atomic mass is 31.2. The van der Waals surface area contributed by atoms with Crippen molar-refractivity contribution >= 4 is 17.8 Å². The molecule has 0 spiro atoms. The Morgan fingerprint density at radius 3 is 2.11 bits per heavy atom. The van der Waals surface area contributed by atoms with Gasteiger partial charge in [-0.15, -0.1) is 0 Å². The summed E-state index contributed by atoms with van der Waals surface area (Å²) < 4.78 is 52.2. The predicted octanol–water partition coefficient (Wildman–Crippen LogP) is 4.21. The van der Waals surface area contributed by atoms with Crippen LogP contribution in [0.25, 0.3) is 0 Å². The Hall–Kier alpha value is -2.35. The van der Waals surface area contributed by atoms with Gasteiger partial charge in [-0.25, -0.2) is 0 Å². The molecule has 0 unspecified atom stereocenters. The minimum Gasteiger partial charge on any atom is -0.371 e. The van der Waals surface area contributed by atoms with Crippen molar-refractivity contribution in [3.05, 3.63) is 96.6 Å². The second-order valence-electron chi connectivity index (χ2n) is 10.4. The largest absolute Gasteiger partial charge is 0.371 e. The minimum atomic E-state index is -3.04. The maximum Gasteiger partial charge on any atom is 0.224 e. The zero-order valence-corrected chi connectivity index (χ0v) is 22.5. The molecule has 3 aliphatic rings. The van der Waals surface area contributed by atoms with Crippen molar-refractivity contribution in [3.63, 3.8) is 0 Å². The second kappa shape index (κ2) is 10.3. The van der Waals surface area contributed by atoms with Crippen LogP contribution in [0.15, 0.2) is 91.0 Å². The third-order valence-corrected chi connectivity index (χ3v) is 10.3. The van der Waals surface area contributed by atoms with E-state index in [9.17, 15) is 4.57 Å². The summed E-state index contributed by atoms with van der Waals surface area (Å²) in [5.41, 5.74) is 1.06. The van der Waals surface area contributed by atoms with Gasteiger partial charge in [0.05, 0.1) is 19.4 Å². The number of fused-ring (bicyclic) bond motifs is 3. The van der Waals surface area contributed by atoms with Crippen molar-refractivity contribution in [2.45, 2.75) is 56.6 Å². The standard InChI is InChI=1S/C30H33O7P/c1-29(2)36-28-27-25(35-30(28,37-29)21-32-18-22-12-6-3-7-13-22)19-33-26(34-27)20-38(31,23-14-8-4-9-15-23)24-16-10-5-11-17-24/h3-17,25-28H,18-21H2,1-2H3/t25-,26+,27+,28-,30-/m0/s1. The predicted molar refractivity (Wildman–Crippen MR) is 143 cm³/mol. The molecule has 8 heteroatoms. The van der Waals surface area contributed by atoms with E-state index in [0.717, 1.165) is 16.2 Å². The van der Waals surface area contributed by atoms with Crippen LogP contribution in [0.1, 0.15) is 19.4 Å². The van der Waals surface area contributed by atoms with Crippen molar-refractivity contribution in [1.29, 1.82) is 0 Å². The van der Waals surface area contributed by atoms with E-state index in [1.807, 2.05) is 105 Å². The summed E-state index contributed by atoms with van der Waals surface area (Å²) in [7, 11) is -3.04. The first-order valence-corrected chi connectivity index (χ1v) is 14.9. The summed E-state index contributed by atoms with van der Waals surface area (Å²) in [4.78, 5) is 0. The summed E-state index contributed by atoms with van der Waals surface area (Å²) >= 11 is 0. The summed E-state index contributed by atoms with van der Waals surface area (Å²) in [6.45, 7) is 4.61. The van der Waals surface area contributed by atoms with Crippen molar-refractivity contribution in [1.82, 2.24) is 0 Å². The third-order valence-electron chi connectivity index (χ3n) is 7.20. The number of rotatable bonds is 8. The molecule has 7 nitrogen and oxygen atoms in total. The molecule has 0 N–H and O–H groups in total. The van der Waals surface area contributed by atoms with E-state index < -0.39 is 37.2 Å². The second-order valence-corrected chi connectivity index (χ2v) is 13.3. The van der Waals surface area contributed by atoms with Gasteiger partial charge in [-0.3, -0.25) is 0 Å². The molecule has 200 valence electrons. The molecule has 5 atom stereocenters. The maximum absolute atomic E-state index is 14.6. The number of ether oxygens (including phenoxy) is 6. The van der Waals surface area contributed by atoms with Crippen LogP contribution in [0, 0.1) is 0 Å². The lowest BCUT2D eigenvalue weighted by molar-refractivity contribution is -0.305. The van der Waals surface area contributed by atoms with Gasteiger partial charge in [-0.05, 0) is 19.4 Å². The molecule has 0 radical (unpaired) electrons. The zero-order valence-electron chi connectivity index (χ0n) is 21.6. The van der Waals surface area contributed by atoms with Crippen LogP contribution in [-0.2, 0) is 39.6 Å². The van der Waals surface area contributed by atoms with Crippen LogP contribution in [0.4, 0.5) is 0 Å². The Morgan fingerprint density at radius 2 is 1.47 bits per heavy atom. The fourth-order valence-corrected chi connectivity index (χ4v) is 8.20. The fourth-order valence-electron chi connectivity index (χ4n) is 5.56. The normalized spacial score (nSPS) is 30.1. The monoisotopic (exact) mass is 536 g/mol. The highest BCUT2D eigenvalue weighted by Crippen LogP contribution is 2.50. The highest BCUT2D eigenvalue weighted by molar-refractivity contribution is 7.78. The fraction of sp³-hybridized carbons (Fsp3) is 0.400. The van der Waals surface area contributed by atoms with Crippen molar-refractivity contribution in [3.8, 4) is 0 Å². The van der Waals surface area contributed by atoms with Crippen LogP contribution >= 0.6 is 7.14 Å². The average Bonchev–Trinajstić information content (AvgIpc) is 3.36. The Bertz CT molecular complexity index is 1230. The SMILES string of the molecule is CC1(C)O[C@H]2[C@@H]3O[C@H](CP(=O)(c4ccccc4)c4ccccc4)OC[C@@H]3O[C@@]2(COCc2ccccc2)O1. The van der Waals surface area contributed by atoms with E-state index in [1.54, 1.807) is 0 Å². The quantitative estimate of drug-likeness (QED) is 0.400. The van der Waals surface area contributed by atoms with Gasteiger partial charge in [-0.2, -0.15) is 0 Å². The van der Waals surface area contributed by atoms with Crippen molar-refractivity contribution < 1.29 is 33.0 Å². The van der Waals surface area contributed by atoms with Crippen LogP contribution in [0.5, 0.6) is 0 Å². The summed E-state index contributed by atoms with van der Waals surface area (Å²) in [6, 6.07) is 29.1. The van der Waals surface area contributed by atoms with Crippen LogP contribution in [0.2, 0.25) is 0 Å². The first kappa shape index (κ1) is 25.9. The summed E-state index contributed by atoms with van der Waals surface area (Å²) in [5, 5.41) is 1.54. The maximum atomic E-state index is 14.6. The molecule has 3 aromatic rings. The van der Waals surface area contributed by atoms with Gasteiger partial charge in [0.15, 0.2) is 12.1 Å². The zero-order chi connectivity index (χ0) is 26.2. The molecule has 3 fully saturated rings. The molecular formula is C30H33O7P. The van der Waals surface area contributed by atoms with Gasteiger partial charge >= 0.3 is 0 Å². The van der Waals surface area contributed by atoms with Crippen LogP contribution in [0.3, 0.4) is 0 Å². The van der Waals surface area contributed by atoms with E-state index in [1.165, 1.54) is 0 Å². The van der Waals surface area contributed by atoms with Gasteiger partial charge in [0.2, 0.25) is 5.79 Å². The van der Waals surface area contributed by atoms with Gasteiger partial charge in [-0.1, -0.05) is 91.0 Å². The van der Waals surface area contributed by atoms with Gasteiger partial charge in [0.25, 0.3) is 0 Å². The molecule has 0 aromatic heterocycles. The topological polar surface area (TPSA) is 72.5 Å². The molecular weight excluding hydrogens is 503 g/mol. The average molecular weight is 537 g/mol. The Labute approximate surface area is 223 Å². The van der Waals surface area contributed by atoms with Crippen LogP contribution < -0.4 is 10.6 Å². The molecule has 3 aromatic carbocycles.